The Morgan fingerprint density at radius 1 is 1.14 bits per heavy atom. The molecule has 29 heavy (non-hydrogen) atoms. The van der Waals surface area contributed by atoms with Crippen LogP contribution in [0.15, 0.2) is 58.5 Å². The van der Waals surface area contributed by atoms with Crippen LogP contribution in [0, 0.1) is 5.82 Å². The number of thioether (sulfide) groups is 2. The quantitative estimate of drug-likeness (QED) is 0.274. The monoisotopic (exact) mass is 431 g/mol. The molecule has 0 saturated heterocycles. The zero-order valence-electron chi connectivity index (χ0n) is 16.4. The van der Waals surface area contributed by atoms with E-state index in [4.69, 9.17) is 0 Å². The first-order chi connectivity index (χ1) is 13.7. The van der Waals surface area contributed by atoms with Crippen molar-refractivity contribution in [1.82, 2.24) is 14.9 Å². The number of nitrogens with one attached hydrogen (secondary N) is 1. The second-order valence-electron chi connectivity index (χ2n) is 7.44. The summed E-state index contributed by atoms with van der Waals surface area (Å²) in [4.78, 5) is 29.7. The molecule has 1 amide bonds. The molecule has 0 fully saturated rings. The first-order valence-corrected chi connectivity index (χ1v) is 11.2. The van der Waals surface area contributed by atoms with Gasteiger partial charge in [-0.05, 0) is 57.2 Å². The average Bonchev–Trinajstić information content (AvgIpc) is 2.65. The Hall–Kier alpha value is -2.32. The third kappa shape index (κ3) is 5.61. The lowest BCUT2D eigenvalue weighted by molar-refractivity contribution is -0.119. The Labute approximate surface area is 177 Å². The Morgan fingerprint density at radius 2 is 1.83 bits per heavy atom. The lowest BCUT2D eigenvalue weighted by Gasteiger charge is -2.20. The molecule has 0 unspecified atom stereocenters. The summed E-state index contributed by atoms with van der Waals surface area (Å²) in [5, 5.41) is 4.47. The van der Waals surface area contributed by atoms with E-state index in [1.54, 1.807) is 30.3 Å². The summed E-state index contributed by atoms with van der Waals surface area (Å²) in [5.74, 6) is -0.0887. The number of carbonyl (C=O) groups is 1. The molecule has 0 aliphatic heterocycles. The van der Waals surface area contributed by atoms with Crippen molar-refractivity contribution < 1.29 is 9.18 Å². The summed E-state index contributed by atoms with van der Waals surface area (Å²) in [6, 6.07) is 12.9. The van der Waals surface area contributed by atoms with Gasteiger partial charge in [-0.2, -0.15) is 0 Å². The van der Waals surface area contributed by atoms with E-state index in [2.05, 4.69) is 10.3 Å². The van der Waals surface area contributed by atoms with Crippen molar-refractivity contribution in [3.05, 3.63) is 64.7 Å². The maximum atomic E-state index is 13.3. The first-order valence-electron chi connectivity index (χ1n) is 9.04. The fraction of sp³-hybridized carbons (Fsp3) is 0.286. The zero-order valence-corrected chi connectivity index (χ0v) is 18.1. The van der Waals surface area contributed by atoms with Crippen LogP contribution in [0.5, 0.6) is 0 Å². The zero-order chi connectivity index (χ0) is 21.0. The number of nitrogens with zero attached hydrogens (tertiary/aromatic N) is 2. The molecule has 5 nitrogen and oxygen atoms in total. The number of para-hydroxylation sites is 1. The number of hydrogen-bond acceptors (Lipinski definition) is 5. The standard InChI is InChI=1S/C21H22FN3O2S2/c1-21(2,3)24-18(26)12-28-13-29-20-23-17-7-5-4-6-16(17)19(27)25(20)15-10-8-14(22)9-11-15/h4-11H,12-13H2,1-3H3,(H,24,26). The van der Waals surface area contributed by atoms with E-state index in [-0.39, 0.29) is 22.8 Å². The molecule has 3 rings (SSSR count). The van der Waals surface area contributed by atoms with Crippen molar-refractivity contribution in [3.8, 4) is 5.69 Å². The third-order valence-electron chi connectivity index (χ3n) is 3.85. The van der Waals surface area contributed by atoms with Crippen molar-refractivity contribution >= 4 is 40.3 Å². The molecule has 0 bridgehead atoms. The van der Waals surface area contributed by atoms with E-state index in [1.165, 1.54) is 40.2 Å². The van der Waals surface area contributed by atoms with E-state index < -0.39 is 0 Å². The van der Waals surface area contributed by atoms with Crippen LogP contribution in [-0.2, 0) is 4.79 Å². The molecule has 3 aromatic rings. The van der Waals surface area contributed by atoms with Crippen LogP contribution in [0.3, 0.4) is 0 Å². The van der Waals surface area contributed by atoms with Gasteiger partial charge in [0.05, 0.1) is 22.3 Å². The second kappa shape index (κ2) is 9.00. The molecule has 8 heteroatoms. The molecule has 1 aromatic heterocycles. The summed E-state index contributed by atoms with van der Waals surface area (Å²) in [6.45, 7) is 5.81. The molecule has 0 radical (unpaired) electrons. The van der Waals surface area contributed by atoms with Gasteiger partial charge in [0.25, 0.3) is 5.56 Å². The fourth-order valence-electron chi connectivity index (χ4n) is 2.71. The number of carbonyl (C=O) groups excluding carboxylic acids is 1. The number of halogens is 1. The van der Waals surface area contributed by atoms with Gasteiger partial charge in [0, 0.05) is 10.6 Å². The summed E-state index contributed by atoms with van der Waals surface area (Å²) in [5.41, 5.74) is 0.676. The highest BCUT2D eigenvalue weighted by Crippen LogP contribution is 2.24. The molecule has 0 spiro atoms. The van der Waals surface area contributed by atoms with Gasteiger partial charge in [0.15, 0.2) is 5.16 Å². The predicted octanol–water partition coefficient (Wildman–Crippen LogP) is 4.22. The summed E-state index contributed by atoms with van der Waals surface area (Å²) >= 11 is 2.83. The maximum absolute atomic E-state index is 13.3. The van der Waals surface area contributed by atoms with E-state index in [0.29, 0.717) is 32.6 Å². The van der Waals surface area contributed by atoms with Crippen LogP contribution in [0.2, 0.25) is 0 Å². The summed E-state index contributed by atoms with van der Waals surface area (Å²) < 4.78 is 14.8. The highest BCUT2D eigenvalue weighted by atomic mass is 32.2. The lowest BCUT2D eigenvalue weighted by atomic mass is 10.1. The van der Waals surface area contributed by atoms with Gasteiger partial charge in [0.1, 0.15) is 5.82 Å². The van der Waals surface area contributed by atoms with Crippen LogP contribution < -0.4 is 10.9 Å². The number of amides is 1. The average molecular weight is 432 g/mol. The van der Waals surface area contributed by atoms with Crippen molar-refractivity contribution in [2.24, 2.45) is 0 Å². The van der Waals surface area contributed by atoms with Crippen molar-refractivity contribution in [2.45, 2.75) is 31.5 Å². The topological polar surface area (TPSA) is 64.0 Å². The molecule has 0 atom stereocenters. The molecule has 1 heterocycles. The molecule has 0 aliphatic rings. The highest BCUT2D eigenvalue weighted by molar-refractivity contribution is 8.16. The highest BCUT2D eigenvalue weighted by Gasteiger charge is 2.15. The number of hydrogen-bond donors (Lipinski definition) is 1. The summed E-state index contributed by atoms with van der Waals surface area (Å²) in [7, 11) is 0. The molecule has 0 aliphatic carbocycles. The van der Waals surface area contributed by atoms with Crippen LogP contribution in [0.1, 0.15) is 20.8 Å². The van der Waals surface area contributed by atoms with E-state index in [1.807, 2.05) is 26.8 Å². The van der Waals surface area contributed by atoms with Crippen LogP contribution in [0.4, 0.5) is 4.39 Å². The van der Waals surface area contributed by atoms with Gasteiger partial charge >= 0.3 is 0 Å². The van der Waals surface area contributed by atoms with Gasteiger partial charge in [0.2, 0.25) is 5.91 Å². The van der Waals surface area contributed by atoms with E-state index in [9.17, 15) is 14.0 Å². The Balaban J connectivity index is 1.84. The largest absolute Gasteiger partial charge is 0.351 e. The minimum absolute atomic E-state index is 0.0366. The molecule has 0 saturated carbocycles. The van der Waals surface area contributed by atoms with Crippen molar-refractivity contribution in [3.63, 3.8) is 0 Å². The molecule has 2 aromatic carbocycles. The smallest absolute Gasteiger partial charge is 0.266 e. The molecule has 1 N–H and O–H groups in total. The molecule has 152 valence electrons. The first kappa shape index (κ1) is 21.4. The van der Waals surface area contributed by atoms with Gasteiger partial charge in [-0.15, -0.1) is 11.8 Å². The van der Waals surface area contributed by atoms with Gasteiger partial charge in [-0.25, -0.2) is 9.37 Å². The van der Waals surface area contributed by atoms with Crippen LogP contribution in [-0.4, -0.2) is 31.8 Å². The third-order valence-corrected chi connectivity index (χ3v) is 5.99. The predicted molar refractivity (Wildman–Crippen MR) is 118 cm³/mol. The number of aromatic nitrogens is 2. The molecular weight excluding hydrogens is 409 g/mol. The fourth-order valence-corrected chi connectivity index (χ4v) is 4.54. The Kier molecular flexibility index (Phi) is 6.64. The van der Waals surface area contributed by atoms with Crippen molar-refractivity contribution in [2.75, 3.05) is 10.8 Å². The Morgan fingerprint density at radius 3 is 2.52 bits per heavy atom. The van der Waals surface area contributed by atoms with Gasteiger partial charge in [-0.1, -0.05) is 23.9 Å². The Bertz CT molecular complexity index is 1080. The van der Waals surface area contributed by atoms with E-state index in [0.717, 1.165) is 0 Å². The maximum Gasteiger partial charge on any atom is 0.266 e. The number of rotatable bonds is 6. The van der Waals surface area contributed by atoms with Gasteiger partial charge in [-0.3, -0.25) is 14.2 Å². The number of fused-ring (bicyclic) bond motifs is 1. The number of benzene rings is 2. The van der Waals surface area contributed by atoms with Gasteiger partial charge < -0.3 is 5.32 Å². The molecular formula is C21H22FN3O2S2. The normalized spacial score (nSPS) is 11.6. The lowest BCUT2D eigenvalue weighted by Crippen LogP contribution is -2.41. The minimum Gasteiger partial charge on any atom is -0.351 e. The van der Waals surface area contributed by atoms with Crippen LogP contribution in [0.25, 0.3) is 16.6 Å². The minimum atomic E-state index is -0.370. The second-order valence-corrected chi connectivity index (χ2v) is 9.73. The summed E-state index contributed by atoms with van der Waals surface area (Å²) in [6.07, 6.45) is 0. The van der Waals surface area contributed by atoms with Crippen LogP contribution >= 0.6 is 23.5 Å². The van der Waals surface area contributed by atoms with E-state index >= 15 is 0 Å². The van der Waals surface area contributed by atoms with Crippen molar-refractivity contribution in [1.29, 1.82) is 0 Å². The SMILES string of the molecule is CC(C)(C)NC(=O)CSCSc1nc2ccccc2c(=O)n1-c1ccc(F)cc1.